The van der Waals surface area contributed by atoms with Gasteiger partial charge in [-0.3, -0.25) is 4.98 Å². The van der Waals surface area contributed by atoms with Gasteiger partial charge in [0.25, 0.3) is 0 Å². The van der Waals surface area contributed by atoms with Crippen LogP contribution in [0.25, 0.3) is 11.0 Å². The second-order valence-corrected chi connectivity index (χ2v) is 10.1. The zero-order valence-electron chi connectivity index (χ0n) is 21.0. The molecule has 0 aliphatic heterocycles. The van der Waals surface area contributed by atoms with Gasteiger partial charge < -0.3 is 20.1 Å². The second kappa shape index (κ2) is 9.66. The number of aromatic nitrogens is 3. The lowest BCUT2D eigenvalue weighted by molar-refractivity contribution is -0.176. The number of aromatic amines is 1. The van der Waals surface area contributed by atoms with Crippen LogP contribution in [0.1, 0.15) is 55.8 Å². The summed E-state index contributed by atoms with van der Waals surface area (Å²) >= 11 is 0. The molecule has 0 spiro atoms. The van der Waals surface area contributed by atoms with Gasteiger partial charge in [-0.1, -0.05) is 24.3 Å². The first-order valence-electron chi connectivity index (χ1n) is 11.8. The third kappa shape index (κ3) is 5.39. The molecule has 0 saturated carbocycles. The number of halogens is 3. The number of alkyl halides is 3. The lowest BCUT2D eigenvalue weighted by atomic mass is 9.76. The van der Waals surface area contributed by atoms with Crippen molar-refractivity contribution in [3.63, 3.8) is 0 Å². The van der Waals surface area contributed by atoms with E-state index in [1.807, 2.05) is 6.07 Å². The average Bonchev–Trinajstić information content (AvgIpc) is 3.25. The highest BCUT2D eigenvalue weighted by atomic mass is 19.4. The van der Waals surface area contributed by atoms with Crippen LogP contribution in [-0.4, -0.2) is 44.5 Å². The molecular weight excluding hydrogens is 485 g/mol. The Balaban J connectivity index is 1.57. The molecule has 0 saturated heterocycles. The highest BCUT2D eigenvalue weighted by molar-refractivity contribution is 5.80. The van der Waals surface area contributed by atoms with Crippen molar-refractivity contribution in [1.29, 1.82) is 0 Å². The highest BCUT2D eigenvalue weighted by Gasteiger charge is 2.55. The molecule has 2 unspecified atom stereocenters. The number of nitrogens with zero attached hydrogens (tertiary/aromatic N) is 2. The van der Waals surface area contributed by atoms with Crippen molar-refractivity contribution in [2.45, 2.75) is 57.4 Å². The first kappa shape index (κ1) is 26.4. The number of rotatable bonds is 5. The summed E-state index contributed by atoms with van der Waals surface area (Å²) in [7, 11) is 0. The number of carbonyl (C=O) groups excluding carboxylic acids is 1. The molecule has 0 aromatic carbocycles. The number of hydrogen-bond donors (Lipinski definition) is 3. The smallest absolute Gasteiger partial charge is 0.407 e. The Morgan fingerprint density at radius 2 is 2.00 bits per heavy atom. The summed E-state index contributed by atoms with van der Waals surface area (Å²) in [5, 5.41) is 14.3. The number of aliphatic hydroxyl groups excluding tert-OH is 1. The molecular formula is C27H29F3N4O3. The van der Waals surface area contributed by atoms with Gasteiger partial charge in [-0.05, 0) is 57.9 Å². The zero-order valence-corrected chi connectivity index (χ0v) is 21.0. The molecule has 4 rings (SSSR count). The number of hydrogen-bond acceptors (Lipinski definition) is 5. The Kier molecular flexibility index (Phi) is 6.89. The first-order chi connectivity index (χ1) is 17.3. The third-order valence-electron chi connectivity index (χ3n) is 6.27. The zero-order chi connectivity index (χ0) is 27.0. The molecule has 196 valence electrons. The van der Waals surface area contributed by atoms with Gasteiger partial charge in [-0.25, -0.2) is 9.78 Å². The van der Waals surface area contributed by atoms with Gasteiger partial charge in [0.2, 0.25) is 0 Å². The molecule has 3 aromatic rings. The number of H-pyrrole nitrogens is 1. The van der Waals surface area contributed by atoms with Crippen molar-refractivity contribution in [3.05, 3.63) is 83.0 Å². The van der Waals surface area contributed by atoms with Gasteiger partial charge in [-0.2, -0.15) is 13.2 Å². The SMILES string of the molecule is Cc1nc(C2(C(F)(F)F)C=CC(CNC(=O)OC(C)(C)C)=CC2)ccc1C(O)c1c[nH]c2ncccc12. The molecule has 0 bridgehead atoms. The van der Waals surface area contributed by atoms with Crippen LogP contribution >= 0.6 is 0 Å². The number of carbonyl (C=O) groups is 1. The van der Waals surface area contributed by atoms with Crippen molar-refractivity contribution in [2.75, 3.05) is 6.54 Å². The minimum absolute atomic E-state index is 0.0381. The van der Waals surface area contributed by atoms with Gasteiger partial charge in [0.1, 0.15) is 22.8 Å². The maximum atomic E-state index is 14.4. The van der Waals surface area contributed by atoms with E-state index in [0.717, 1.165) is 11.5 Å². The fourth-order valence-electron chi connectivity index (χ4n) is 4.32. The fourth-order valence-corrected chi connectivity index (χ4v) is 4.32. The first-order valence-corrected chi connectivity index (χ1v) is 11.8. The van der Waals surface area contributed by atoms with Crippen LogP contribution in [0.15, 0.2) is 60.5 Å². The van der Waals surface area contributed by atoms with E-state index in [0.29, 0.717) is 28.0 Å². The number of allylic oxidation sites excluding steroid dienone is 2. The van der Waals surface area contributed by atoms with E-state index in [1.165, 1.54) is 24.3 Å². The van der Waals surface area contributed by atoms with E-state index < -0.39 is 29.4 Å². The van der Waals surface area contributed by atoms with E-state index in [9.17, 15) is 23.1 Å². The number of aliphatic hydroxyl groups is 1. The van der Waals surface area contributed by atoms with Crippen LogP contribution in [-0.2, 0) is 10.2 Å². The lowest BCUT2D eigenvalue weighted by Gasteiger charge is -2.34. The summed E-state index contributed by atoms with van der Waals surface area (Å²) in [6.07, 6.45) is 0.416. The van der Waals surface area contributed by atoms with Crippen molar-refractivity contribution >= 4 is 17.1 Å². The van der Waals surface area contributed by atoms with Crippen LogP contribution in [0, 0.1) is 6.92 Å². The summed E-state index contributed by atoms with van der Waals surface area (Å²) in [4.78, 5) is 23.4. The molecule has 1 aliphatic carbocycles. The quantitative estimate of drug-likeness (QED) is 0.414. The Morgan fingerprint density at radius 1 is 1.24 bits per heavy atom. The largest absolute Gasteiger partial charge is 0.444 e. The van der Waals surface area contributed by atoms with Crippen molar-refractivity contribution in [1.82, 2.24) is 20.3 Å². The van der Waals surface area contributed by atoms with Crippen molar-refractivity contribution < 1.29 is 27.8 Å². The molecule has 3 heterocycles. The normalized spacial score (nSPS) is 19.0. The predicted molar refractivity (Wildman–Crippen MR) is 133 cm³/mol. The average molecular weight is 515 g/mol. The standard InChI is InChI=1S/C27H29F3N4O3/c1-16-18(22(35)20-15-32-23-19(20)6-5-13-31-23)7-8-21(34-16)26(27(28,29)30)11-9-17(10-12-26)14-33-24(36)37-25(2,3)4/h5-11,13,15,22,35H,12,14H2,1-4H3,(H,31,32)(H,33,36). The lowest BCUT2D eigenvalue weighted by Crippen LogP contribution is -2.42. The van der Waals surface area contributed by atoms with E-state index in [2.05, 4.69) is 20.3 Å². The van der Waals surface area contributed by atoms with E-state index in [-0.39, 0.29) is 18.7 Å². The van der Waals surface area contributed by atoms with Gasteiger partial charge >= 0.3 is 12.3 Å². The summed E-state index contributed by atoms with van der Waals surface area (Å²) in [6.45, 7) is 6.79. The number of pyridine rings is 2. The van der Waals surface area contributed by atoms with E-state index in [4.69, 9.17) is 4.74 Å². The van der Waals surface area contributed by atoms with Crippen LogP contribution in [0.2, 0.25) is 0 Å². The molecule has 1 amide bonds. The molecule has 3 N–H and O–H groups in total. The number of fused-ring (bicyclic) bond motifs is 1. The molecule has 7 nitrogen and oxygen atoms in total. The second-order valence-electron chi connectivity index (χ2n) is 10.1. The molecule has 37 heavy (non-hydrogen) atoms. The Bertz CT molecular complexity index is 1370. The van der Waals surface area contributed by atoms with Crippen molar-refractivity contribution in [2.24, 2.45) is 0 Å². The van der Waals surface area contributed by atoms with Crippen LogP contribution in [0.3, 0.4) is 0 Å². The molecule has 0 radical (unpaired) electrons. The number of nitrogens with one attached hydrogen (secondary N) is 2. The van der Waals surface area contributed by atoms with Gasteiger partial charge in [0.05, 0.1) is 5.69 Å². The molecule has 1 aliphatic rings. The molecule has 2 atom stereocenters. The Labute approximate surface area is 212 Å². The van der Waals surface area contributed by atoms with Crippen LogP contribution in [0.4, 0.5) is 18.0 Å². The molecule has 3 aromatic heterocycles. The van der Waals surface area contributed by atoms with Crippen molar-refractivity contribution in [3.8, 4) is 0 Å². The maximum Gasteiger partial charge on any atom is 0.407 e. The minimum atomic E-state index is -4.62. The topological polar surface area (TPSA) is 100 Å². The maximum absolute atomic E-state index is 14.4. The summed E-state index contributed by atoms with van der Waals surface area (Å²) in [6, 6.07) is 6.35. The summed E-state index contributed by atoms with van der Waals surface area (Å²) < 4.78 is 48.5. The molecule has 10 heteroatoms. The molecule has 0 fully saturated rings. The van der Waals surface area contributed by atoms with E-state index in [1.54, 1.807) is 46.2 Å². The van der Waals surface area contributed by atoms with E-state index >= 15 is 0 Å². The Morgan fingerprint density at radius 3 is 2.62 bits per heavy atom. The van der Waals surface area contributed by atoms with Gasteiger partial charge in [0, 0.05) is 41.1 Å². The number of alkyl carbamates (subject to hydrolysis) is 1. The van der Waals surface area contributed by atoms with Gasteiger partial charge in [0.15, 0.2) is 0 Å². The number of aryl methyl sites for hydroxylation is 1. The highest BCUT2D eigenvalue weighted by Crippen LogP contribution is 2.47. The Hall–Kier alpha value is -3.66. The fraction of sp³-hybridized carbons (Fsp3) is 0.370. The number of amides is 1. The monoisotopic (exact) mass is 514 g/mol. The minimum Gasteiger partial charge on any atom is -0.444 e. The van der Waals surface area contributed by atoms with Crippen LogP contribution < -0.4 is 5.32 Å². The summed E-state index contributed by atoms with van der Waals surface area (Å²) in [5.41, 5.74) is -0.782. The van der Waals surface area contributed by atoms with Crippen LogP contribution in [0.5, 0.6) is 0 Å². The number of ether oxygens (including phenoxy) is 1. The third-order valence-corrected chi connectivity index (χ3v) is 6.27. The summed E-state index contributed by atoms with van der Waals surface area (Å²) in [5.74, 6) is 0. The predicted octanol–water partition coefficient (Wildman–Crippen LogP) is 5.56. The van der Waals surface area contributed by atoms with Gasteiger partial charge in [-0.15, -0.1) is 0 Å².